The van der Waals surface area contributed by atoms with Crippen LogP contribution in [0.2, 0.25) is 10.0 Å². The molecule has 0 heterocycles. The van der Waals surface area contributed by atoms with Crippen LogP contribution in [0, 0.1) is 0 Å². The number of halogens is 2. The van der Waals surface area contributed by atoms with Gasteiger partial charge in [-0.05, 0) is 25.0 Å². The van der Waals surface area contributed by atoms with E-state index in [-0.39, 0.29) is 12.4 Å². The molecule has 0 saturated heterocycles. The standard InChI is InChI=1S/C12H11Cl2NO4/c13-7-1-2-8(14)9(5-7)19-6-10(16)15-12(3-4-12)11(17)18/h1-2,5H,3-4,6H2,(H,15,16)(H,17,18). The number of aliphatic carboxylic acids is 1. The van der Waals surface area contributed by atoms with Crippen LogP contribution in [0.4, 0.5) is 0 Å². The summed E-state index contributed by atoms with van der Waals surface area (Å²) < 4.78 is 5.21. The lowest BCUT2D eigenvalue weighted by Gasteiger charge is -2.13. The van der Waals surface area contributed by atoms with Gasteiger partial charge in [-0.1, -0.05) is 23.2 Å². The van der Waals surface area contributed by atoms with E-state index in [1.807, 2.05) is 0 Å². The van der Waals surface area contributed by atoms with E-state index in [0.29, 0.717) is 22.9 Å². The predicted molar refractivity (Wildman–Crippen MR) is 69.7 cm³/mol. The molecule has 1 saturated carbocycles. The van der Waals surface area contributed by atoms with Crippen molar-refractivity contribution in [2.75, 3.05) is 6.61 Å². The smallest absolute Gasteiger partial charge is 0.329 e. The third kappa shape index (κ3) is 3.30. The molecule has 1 aliphatic carbocycles. The first-order valence-electron chi connectivity index (χ1n) is 5.55. The Labute approximate surface area is 119 Å². The number of benzene rings is 1. The van der Waals surface area contributed by atoms with Gasteiger partial charge in [-0.25, -0.2) is 4.79 Å². The van der Waals surface area contributed by atoms with Gasteiger partial charge in [-0.2, -0.15) is 0 Å². The van der Waals surface area contributed by atoms with Crippen molar-refractivity contribution >= 4 is 35.1 Å². The maximum atomic E-state index is 11.6. The fourth-order valence-electron chi connectivity index (χ4n) is 1.55. The van der Waals surface area contributed by atoms with Crippen LogP contribution >= 0.6 is 23.2 Å². The van der Waals surface area contributed by atoms with Gasteiger partial charge in [0.15, 0.2) is 6.61 Å². The molecule has 0 aromatic heterocycles. The van der Waals surface area contributed by atoms with Crippen LogP contribution in [0.3, 0.4) is 0 Å². The molecule has 5 nitrogen and oxygen atoms in total. The molecule has 0 bridgehead atoms. The van der Waals surface area contributed by atoms with Crippen molar-refractivity contribution in [1.82, 2.24) is 5.32 Å². The van der Waals surface area contributed by atoms with Gasteiger partial charge in [0.1, 0.15) is 11.3 Å². The number of carboxylic acids is 1. The molecule has 0 atom stereocenters. The maximum Gasteiger partial charge on any atom is 0.329 e. The molecular formula is C12H11Cl2NO4. The quantitative estimate of drug-likeness (QED) is 0.873. The summed E-state index contributed by atoms with van der Waals surface area (Å²) in [5.74, 6) is -1.25. The normalized spacial score (nSPS) is 15.7. The molecular weight excluding hydrogens is 293 g/mol. The van der Waals surface area contributed by atoms with E-state index in [4.69, 9.17) is 33.0 Å². The Balaban J connectivity index is 1.90. The van der Waals surface area contributed by atoms with Gasteiger partial charge in [0.25, 0.3) is 5.91 Å². The van der Waals surface area contributed by atoms with E-state index in [0.717, 1.165) is 0 Å². The fraction of sp³-hybridized carbons (Fsp3) is 0.333. The number of rotatable bonds is 5. The van der Waals surface area contributed by atoms with Gasteiger partial charge >= 0.3 is 5.97 Å². The van der Waals surface area contributed by atoms with Crippen molar-refractivity contribution in [2.45, 2.75) is 18.4 Å². The molecule has 1 aromatic carbocycles. The Morgan fingerprint density at radius 1 is 1.37 bits per heavy atom. The summed E-state index contributed by atoms with van der Waals surface area (Å²) >= 11 is 11.6. The Bertz CT molecular complexity index is 528. The molecule has 0 radical (unpaired) electrons. The molecule has 2 rings (SSSR count). The van der Waals surface area contributed by atoms with Crippen LogP contribution < -0.4 is 10.1 Å². The summed E-state index contributed by atoms with van der Waals surface area (Å²) in [6.07, 6.45) is 0.873. The Morgan fingerprint density at radius 3 is 2.63 bits per heavy atom. The van der Waals surface area contributed by atoms with Crippen LogP contribution in [-0.2, 0) is 9.59 Å². The number of carbonyl (C=O) groups is 2. The van der Waals surface area contributed by atoms with Crippen molar-refractivity contribution in [3.05, 3.63) is 28.2 Å². The van der Waals surface area contributed by atoms with Crippen molar-refractivity contribution in [3.8, 4) is 5.75 Å². The minimum atomic E-state index is -1.11. The van der Waals surface area contributed by atoms with Crippen LogP contribution in [-0.4, -0.2) is 29.1 Å². The highest BCUT2D eigenvalue weighted by atomic mass is 35.5. The monoisotopic (exact) mass is 303 g/mol. The van der Waals surface area contributed by atoms with Gasteiger partial charge in [-0.3, -0.25) is 4.79 Å². The number of ether oxygens (including phenoxy) is 1. The number of hydrogen-bond acceptors (Lipinski definition) is 3. The number of hydrogen-bond donors (Lipinski definition) is 2. The van der Waals surface area contributed by atoms with E-state index in [1.54, 1.807) is 12.1 Å². The molecule has 2 N–H and O–H groups in total. The lowest BCUT2D eigenvalue weighted by atomic mass is 10.3. The molecule has 0 unspecified atom stereocenters. The van der Waals surface area contributed by atoms with Crippen molar-refractivity contribution < 1.29 is 19.4 Å². The third-order valence-electron chi connectivity index (χ3n) is 2.79. The van der Waals surface area contributed by atoms with Crippen molar-refractivity contribution in [3.63, 3.8) is 0 Å². The predicted octanol–water partition coefficient (Wildman–Crippen LogP) is 2.11. The molecule has 19 heavy (non-hydrogen) atoms. The average Bonchev–Trinajstić information content (AvgIpc) is 3.11. The summed E-state index contributed by atoms with van der Waals surface area (Å²) in [5.41, 5.74) is -1.11. The van der Waals surface area contributed by atoms with Crippen LogP contribution in [0.1, 0.15) is 12.8 Å². The van der Waals surface area contributed by atoms with Gasteiger partial charge in [-0.15, -0.1) is 0 Å². The summed E-state index contributed by atoms with van der Waals surface area (Å²) in [7, 11) is 0. The molecule has 1 fully saturated rings. The molecule has 102 valence electrons. The maximum absolute atomic E-state index is 11.6. The number of amides is 1. The van der Waals surface area contributed by atoms with E-state index >= 15 is 0 Å². The lowest BCUT2D eigenvalue weighted by molar-refractivity contribution is -0.143. The largest absolute Gasteiger partial charge is 0.482 e. The minimum Gasteiger partial charge on any atom is -0.482 e. The SMILES string of the molecule is O=C(COc1cc(Cl)ccc1Cl)NC1(C(=O)O)CC1. The lowest BCUT2D eigenvalue weighted by Crippen LogP contribution is -2.45. The summed E-state index contributed by atoms with van der Waals surface area (Å²) in [6, 6.07) is 4.64. The first-order valence-corrected chi connectivity index (χ1v) is 6.31. The minimum absolute atomic E-state index is 0.282. The first-order chi connectivity index (χ1) is 8.93. The van der Waals surface area contributed by atoms with Gasteiger partial charge in [0, 0.05) is 11.1 Å². The average molecular weight is 304 g/mol. The zero-order chi connectivity index (χ0) is 14.0. The molecule has 1 aliphatic rings. The van der Waals surface area contributed by atoms with Gasteiger partial charge in [0.05, 0.1) is 5.02 Å². The second-order valence-corrected chi connectivity index (χ2v) is 5.14. The zero-order valence-electron chi connectivity index (χ0n) is 9.78. The number of nitrogens with one attached hydrogen (secondary N) is 1. The van der Waals surface area contributed by atoms with E-state index < -0.39 is 17.4 Å². The second kappa shape index (κ2) is 5.27. The number of carbonyl (C=O) groups excluding carboxylic acids is 1. The highest BCUT2D eigenvalue weighted by Gasteiger charge is 2.51. The Morgan fingerprint density at radius 2 is 2.05 bits per heavy atom. The Kier molecular flexibility index (Phi) is 3.87. The Hall–Kier alpha value is -1.46. The van der Waals surface area contributed by atoms with Gasteiger partial charge < -0.3 is 15.2 Å². The van der Waals surface area contributed by atoms with Crippen molar-refractivity contribution in [2.24, 2.45) is 0 Å². The summed E-state index contributed by atoms with van der Waals surface area (Å²) in [4.78, 5) is 22.5. The number of carboxylic acid groups (broad SMARTS) is 1. The van der Waals surface area contributed by atoms with Crippen LogP contribution in [0.15, 0.2) is 18.2 Å². The molecule has 7 heteroatoms. The van der Waals surface area contributed by atoms with Crippen molar-refractivity contribution in [1.29, 1.82) is 0 Å². The topological polar surface area (TPSA) is 75.6 Å². The molecule has 1 amide bonds. The van der Waals surface area contributed by atoms with E-state index in [1.165, 1.54) is 6.07 Å². The highest BCUT2D eigenvalue weighted by Crippen LogP contribution is 2.35. The molecule has 0 spiro atoms. The van der Waals surface area contributed by atoms with Gasteiger partial charge in [0.2, 0.25) is 0 Å². The first kappa shape index (κ1) is 14.0. The van der Waals surface area contributed by atoms with E-state index in [9.17, 15) is 9.59 Å². The molecule has 0 aliphatic heterocycles. The summed E-state index contributed by atoms with van der Waals surface area (Å²) in [5, 5.41) is 12.1. The van der Waals surface area contributed by atoms with Crippen LogP contribution in [0.5, 0.6) is 5.75 Å². The fourth-order valence-corrected chi connectivity index (χ4v) is 1.89. The summed E-state index contributed by atoms with van der Waals surface area (Å²) in [6.45, 7) is -0.310. The zero-order valence-corrected chi connectivity index (χ0v) is 11.3. The highest BCUT2D eigenvalue weighted by molar-refractivity contribution is 6.34. The second-order valence-electron chi connectivity index (χ2n) is 4.30. The molecule has 1 aromatic rings. The third-order valence-corrected chi connectivity index (χ3v) is 3.34. The van der Waals surface area contributed by atoms with Crippen LogP contribution in [0.25, 0.3) is 0 Å². The van der Waals surface area contributed by atoms with E-state index in [2.05, 4.69) is 5.32 Å².